The molecule has 0 aromatic rings. The second-order valence-electron chi connectivity index (χ2n) is 4.78. The molecule has 0 rings (SSSR count). The van der Waals surface area contributed by atoms with Gasteiger partial charge in [0.2, 0.25) is 5.91 Å². The predicted molar refractivity (Wildman–Crippen MR) is 77.3 cm³/mol. The van der Waals surface area contributed by atoms with Gasteiger partial charge < -0.3 is 11.2 Å². The Morgan fingerprint density at radius 1 is 1.00 bits per heavy atom. The lowest BCUT2D eigenvalue weighted by atomic mass is 10.1. The van der Waals surface area contributed by atoms with Crippen molar-refractivity contribution in [2.24, 2.45) is 10.9 Å². The average Bonchev–Trinajstić information content (AvgIpc) is 2.38. The molecule has 0 saturated carbocycles. The van der Waals surface area contributed by atoms with Crippen LogP contribution in [-0.4, -0.2) is 12.2 Å². The van der Waals surface area contributed by atoms with Gasteiger partial charge in [-0.3, -0.25) is 4.79 Å². The molecule has 0 fully saturated rings. The van der Waals surface area contributed by atoms with Crippen molar-refractivity contribution in [1.29, 1.82) is 0 Å². The summed E-state index contributed by atoms with van der Waals surface area (Å²) in [7, 11) is 0. The smallest absolute Gasteiger partial charge is 0.225 e. The number of rotatable bonds is 12. The maximum atomic E-state index is 11.2. The van der Waals surface area contributed by atoms with Crippen LogP contribution in [0.3, 0.4) is 0 Å². The van der Waals surface area contributed by atoms with Gasteiger partial charge in [-0.1, -0.05) is 64.7 Å². The van der Waals surface area contributed by atoms with Crippen LogP contribution in [0.25, 0.3) is 0 Å². The van der Waals surface area contributed by atoms with Gasteiger partial charge in [0.1, 0.15) is 6.34 Å². The summed E-state index contributed by atoms with van der Waals surface area (Å²) in [6.45, 7) is 2.25. The number of hydrogen-bond donors (Lipinski definition) is 2. The molecule has 0 saturated heterocycles. The Balaban J connectivity index is 3.09. The molecule has 4 nitrogen and oxygen atoms in total. The van der Waals surface area contributed by atoms with Crippen molar-refractivity contribution in [3.8, 4) is 0 Å². The lowest BCUT2D eigenvalue weighted by Crippen LogP contribution is -2.21. The molecule has 4 heteroatoms. The Hall–Kier alpha value is -1.06. The summed E-state index contributed by atoms with van der Waals surface area (Å²) in [5, 5.41) is 5.73. The molecule has 0 heterocycles. The van der Waals surface area contributed by atoms with E-state index >= 15 is 0 Å². The van der Waals surface area contributed by atoms with E-state index in [2.05, 4.69) is 17.3 Å². The summed E-state index contributed by atoms with van der Waals surface area (Å²) >= 11 is 0. The first-order chi connectivity index (χ1) is 8.81. The van der Waals surface area contributed by atoms with Crippen LogP contribution >= 0.6 is 0 Å². The third kappa shape index (κ3) is 13.0. The van der Waals surface area contributed by atoms with E-state index in [4.69, 9.17) is 5.84 Å². The Morgan fingerprint density at radius 3 is 2.00 bits per heavy atom. The zero-order chi connectivity index (χ0) is 13.5. The molecular weight excluding hydrogens is 226 g/mol. The van der Waals surface area contributed by atoms with Gasteiger partial charge in [-0.25, -0.2) is 0 Å². The molecular formula is C14H29N3O. The van der Waals surface area contributed by atoms with Crippen LogP contribution in [-0.2, 0) is 4.79 Å². The van der Waals surface area contributed by atoms with Crippen LogP contribution in [0.15, 0.2) is 5.10 Å². The molecule has 3 N–H and O–H groups in total. The quantitative estimate of drug-likeness (QED) is 0.185. The van der Waals surface area contributed by atoms with Gasteiger partial charge in [0, 0.05) is 6.42 Å². The molecule has 0 spiro atoms. The highest BCUT2D eigenvalue weighted by molar-refractivity contribution is 5.87. The zero-order valence-electron chi connectivity index (χ0n) is 11.8. The van der Waals surface area contributed by atoms with Crippen molar-refractivity contribution in [3.05, 3.63) is 0 Å². The van der Waals surface area contributed by atoms with Gasteiger partial charge in [0.05, 0.1) is 0 Å². The third-order valence-corrected chi connectivity index (χ3v) is 3.06. The largest absolute Gasteiger partial charge is 0.322 e. The predicted octanol–water partition coefficient (Wildman–Crippen LogP) is 3.32. The summed E-state index contributed by atoms with van der Waals surface area (Å²) in [5.41, 5.74) is 0. The normalized spacial score (nSPS) is 10.9. The number of carbonyl (C=O) groups is 1. The first-order valence-corrected chi connectivity index (χ1v) is 7.32. The number of amides is 1. The second kappa shape index (κ2) is 14.0. The molecule has 0 aromatic carbocycles. The average molecular weight is 255 g/mol. The number of nitrogens with one attached hydrogen (secondary N) is 1. The first-order valence-electron chi connectivity index (χ1n) is 7.32. The Kier molecular flexibility index (Phi) is 13.2. The van der Waals surface area contributed by atoms with Crippen molar-refractivity contribution < 1.29 is 4.79 Å². The fourth-order valence-corrected chi connectivity index (χ4v) is 1.95. The van der Waals surface area contributed by atoms with Crippen molar-refractivity contribution >= 4 is 12.2 Å². The van der Waals surface area contributed by atoms with Gasteiger partial charge in [-0.05, 0) is 6.42 Å². The van der Waals surface area contributed by atoms with E-state index in [0.29, 0.717) is 6.42 Å². The molecule has 1 amide bonds. The van der Waals surface area contributed by atoms with Crippen LogP contribution in [0.5, 0.6) is 0 Å². The minimum absolute atomic E-state index is 0.00349. The summed E-state index contributed by atoms with van der Waals surface area (Å²) in [4.78, 5) is 11.2. The van der Waals surface area contributed by atoms with Crippen molar-refractivity contribution in [2.75, 3.05) is 0 Å². The van der Waals surface area contributed by atoms with E-state index in [1.54, 1.807) is 0 Å². The molecule has 0 aliphatic rings. The maximum Gasteiger partial charge on any atom is 0.225 e. The monoisotopic (exact) mass is 255 g/mol. The number of unbranched alkanes of at least 4 members (excludes halogenated alkanes) is 9. The van der Waals surface area contributed by atoms with E-state index < -0.39 is 0 Å². The summed E-state index contributed by atoms with van der Waals surface area (Å²) in [5.74, 6) is 4.89. The van der Waals surface area contributed by atoms with E-state index in [1.807, 2.05) is 0 Å². The van der Waals surface area contributed by atoms with Gasteiger partial charge in [0.15, 0.2) is 0 Å². The number of nitrogens with two attached hydrogens (primary N) is 1. The summed E-state index contributed by atoms with van der Waals surface area (Å²) in [6.07, 6.45) is 14.6. The molecule has 0 atom stereocenters. The Morgan fingerprint density at radius 2 is 1.50 bits per heavy atom. The third-order valence-electron chi connectivity index (χ3n) is 3.06. The highest BCUT2D eigenvalue weighted by atomic mass is 16.1. The van der Waals surface area contributed by atoms with Gasteiger partial charge in [0.25, 0.3) is 0 Å². The molecule has 0 aliphatic carbocycles. The molecule has 18 heavy (non-hydrogen) atoms. The molecule has 0 bridgehead atoms. The lowest BCUT2D eigenvalue weighted by molar-refractivity contribution is -0.119. The number of nitrogens with zero attached hydrogens (tertiary/aromatic N) is 1. The molecule has 0 aromatic heterocycles. The standard InChI is InChI=1S/C14H29N3O/c1-2-3-4-5-6-7-8-9-10-11-12-14(18)16-13-17-15/h13H,2-12,15H2,1H3,(H,16,17,18). The topological polar surface area (TPSA) is 67.5 Å². The van der Waals surface area contributed by atoms with E-state index in [0.717, 1.165) is 12.8 Å². The lowest BCUT2D eigenvalue weighted by Gasteiger charge is -2.02. The number of carbonyl (C=O) groups excluding carboxylic acids is 1. The number of hydrogen-bond acceptors (Lipinski definition) is 3. The fraction of sp³-hybridized carbons (Fsp3) is 0.857. The molecule has 0 radical (unpaired) electrons. The SMILES string of the molecule is CCCCCCCCCCCCC(=O)NC=NN. The Labute approximate surface area is 111 Å². The minimum atomic E-state index is 0.00349. The van der Waals surface area contributed by atoms with Crippen molar-refractivity contribution in [2.45, 2.75) is 77.6 Å². The molecule has 106 valence electrons. The van der Waals surface area contributed by atoms with Crippen molar-refractivity contribution in [3.63, 3.8) is 0 Å². The van der Waals surface area contributed by atoms with E-state index in [-0.39, 0.29) is 5.91 Å². The highest BCUT2D eigenvalue weighted by Gasteiger charge is 1.98. The van der Waals surface area contributed by atoms with Gasteiger partial charge in [-0.15, -0.1) is 0 Å². The Bertz CT molecular complexity index is 217. The van der Waals surface area contributed by atoms with E-state index in [1.165, 1.54) is 57.7 Å². The van der Waals surface area contributed by atoms with Crippen LogP contribution in [0.4, 0.5) is 0 Å². The molecule has 0 aliphatic heterocycles. The number of hydrazone groups is 1. The second-order valence-corrected chi connectivity index (χ2v) is 4.78. The minimum Gasteiger partial charge on any atom is -0.322 e. The van der Waals surface area contributed by atoms with Gasteiger partial charge in [-0.2, -0.15) is 5.10 Å². The highest BCUT2D eigenvalue weighted by Crippen LogP contribution is 2.11. The summed E-state index contributed by atoms with van der Waals surface area (Å²) in [6, 6.07) is 0. The van der Waals surface area contributed by atoms with Crippen LogP contribution < -0.4 is 11.2 Å². The zero-order valence-corrected chi connectivity index (χ0v) is 11.8. The van der Waals surface area contributed by atoms with Crippen LogP contribution in [0.1, 0.15) is 77.6 Å². The van der Waals surface area contributed by atoms with Crippen molar-refractivity contribution in [1.82, 2.24) is 5.32 Å². The molecule has 0 unspecified atom stereocenters. The summed E-state index contributed by atoms with van der Waals surface area (Å²) < 4.78 is 0. The van der Waals surface area contributed by atoms with Gasteiger partial charge >= 0.3 is 0 Å². The fourth-order valence-electron chi connectivity index (χ4n) is 1.95. The van der Waals surface area contributed by atoms with Crippen LogP contribution in [0, 0.1) is 0 Å². The maximum absolute atomic E-state index is 11.2. The van der Waals surface area contributed by atoms with Crippen LogP contribution in [0.2, 0.25) is 0 Å². The van der Waals surface area contributed by atoms with E-state index in [9.17, 15) is 4.79 Å². The first kappa shape index (κ1) is 16.9.